The number of anilines is 1. The van der Waals surface area contributed by atoms with Crippen molar-refractivity contribution in [1.82, 2.24) is 0 Å². The fourth-order valence-corrected chi connectivity index (χ4v) is 3.71. The molecule has 2 aliphatic rings. The smallest absolute Gasteiger partial charge is 0.227 e. The van der Waals surface area contributed by atoms with Crippen molar-refractivity contribution in [1.29, 1.82) is 0 Å². The Morgan fingerprint density at radius 1 is 1.25 bits per heavy atom. The van der Waals surface area contributed by atoms with Crippen LogP contribution < -0.4 is 4.90 Å². The monoisotopic (exact) mass is 273 g/mol. The fraction of sp³-hybridized carbons (Fsp3) is 0.588. The first-order valence-electron chi connectivity index (χ1n) is 7.59. The van der Waals surface area contributed by atoms with Crippen LogP contribution in [0, 0.1) is 5.41 Å². The number of hydrogen-bond donors (Lipinski definition) is 1. The van der Waals surface area contributed by atoms with Crippen LogP contribution in [0.15, 0.2) is 18.2 Å². The lowest BCUT2D eigenvalue weighted by Gasteiger charge is -2.32. The number of carbonyl (C=O) groups is 1. The number of aliphatic hydroxyl groups excluding tert-OH is 1. The van der Waals surface area contributed by atoms with Gasteiger partial charge in [0, 0.05) is 19.2 Å². The Kier molecular flexibility index (Phi) is 3.33. The van der Waals surface area contributed by atoms with Gasteiger partial charge in [-0.15, -0.1) is 0 Å². The third kappa shape index (κ3) is 2.14. The van der Waals surface area contributed by atoms with Crippen LogP contribution in [0.3, 0.4) is 0 Å². The van der Waals surface area contributed by atoms with E-state index < -0.39 is 6.10 Å². The van der Waals surface area contributed by atoms with Gasteiger partial charge in [0.25, 0.3) is 0 Å². The minimum atomic E-state index is -0.391. The van der Waals surface area contributed by atoms with Crippen LogP contribution in [0.1, 0.15) is 56.3 Å². The van der Waals surface area contributed by atoms with E-state index in [4.69, 9.17) is 0 Å². The number of carbonyl (C=O) groups excluding carboxylic acids is 1. The zero-order valence-electron chi connectivity index (χ0n) is 12.4. The highest BCUT2D eigenvalue weighted by Crippen LogP contribution is 2.47. The van der Waals surface area contributed by atoms with Crippen LogP contribution >= 0.6 is 0 Å². The van der Waals surface area contributed by atoms with Gasteiger partial charge in [-0.3, -0.25) is 4.79 Å². The minimum Gasteiger partial charge on any atom is -0.388 e. The van der Waals surface area contributed by atoms with Crippen molar-refractivity contribution < 1.29 is 9.90 Å². The first-order chi connectivity index (χ1) is 9.51. The number of aliphatic hydroxyl groups is 1. The Bertz CT molecular complexity index is 532. The molecule has 108 valence electrons. The van der Waals surface area contributed by atoms with E-state index in [0.717, 1.165) is 30.5 Å². The second-order valence-electron chi connectivity index (χ2n) is 6.60. The summed E-state index contributed by atoms with van der Waals surface area (Å²) in [4.78, 5) is 13.4. The molecule has 3 nitrogen and oxygen atoms in total. The first-order valence-corrected chi connectivity index (χ1v) is 7.59. The molecule has 20 heavy (non-hydrogen) atoms. The van der Waals surface area contributed by atoms with Crippen LogP contribution in [0.2, 0.25) is 0 Å². The summed E-state index contributed by atoms with van der Waals surface area (Å²) in [6.07, 6.45) is 5.60. The molecule has 1 heterocycles. The summed E-state index contributed by atoms with van der Waals surface area (Å²) in [6, 6.07) is 6.08. The molecule has 1 aromatic rings. The van der Waals surface area contributed by atoms with Crippen molar-refractivity contribution >= 4 is 11.6 Å². The van der Waals surface area contributed by atoms with Crippen molar-refractivity contribution in [3.8, 4) is 0 Å². The van der Waals surface area contributed by atoms with Gasteiger partial charge in [0.2, 0.25) is 5.91 Å². The highest BCUT2D eigenvalue weighted by molar-refractivity contribution is 5.95. The molecule has 1 unspecified atom stereocenters. The van der Waals surface area contributed by atoms with Gasteiger partial charge in [-0.05, 0) is 41.9 Å². The molecule has 0 saturated heterocycles. The largest absolute Gasteiger partial charge is 0.388 e. The molecule has 1 atom stereocenters. The summed E-state index contributed by atoms with van der Waals surface area (Å²) in [6.45, 7) is 2.19. The molecule has 1 aromatic carbocycles. The molecule has 1 N–H and O–H groups in total. The lowest BCUT2D eigenvalue weighted by Crippen LogP contribution is -2.31. The summed E-state index contributed by atoms with van der Waals surface area (Å²) < 4.78 is 0. The molecule has 1 amide bonds. The number of benzene rings is 1. The van der Waals surface area contributed by atoms with Crippen molar-refractivity contribution in [3.05, 3.63) is 29.3 Å². The molecule has 3 rings (SSSR count). The van der Waals surface area contributed by atoms with E-state index in [1.54, 1.807) is 4.90 Å². The van der Waals surface area contributed by atoms with Gasteiger partial charge in [-0.25, -0.2) is 0 Å². The predicted molar refractivity (Wildman–Crippen MR) is 79.7 cm³/mol. The number of aryl methyl sites for hydroxylation is 1. The Hall–Kier alpha value is -1.35. The summed E-state index contributed by atoms with van der Waals surface area (Å²) in [7, 11) is 1.83. The second-order valence-corrected chi connectivity index (χ2v) is 6.60. The van der Waals surface area contributed by atoms with Crippen molar-refractivity contribution in [2.75, 3.05) is 11.9 Å². The van der Waals surface area contributed by atoms with Crippen LogP contribution in [-0.4, -0.2) is 18.1 Å². The predicted octanol–water partition coefficient (Wildman–Crippen LogP) is 3.21. The summed E-state index contributed by atoms with van der Waals surface area (Å²) in [5, 5.41) is 10.7. The van der Waals surface area contributed by atoms with Crippen molar-refractivity contribution in [2.24, 2.45) is 5.41 Å². The van der Waals surface area contributed by atoms with Gasteiger partial charge < -0.3 is 10.0 Å². The standard InChI is InChI=1S/C17H23NO2/c1-17(9-3-4-10-17)16(20)13-5-7-14-12(11-13)6-8-15(19)18(14)2/h5,7,11,16,20H,3-4,6,8-10H2,1-2H3. The van der Waals surface area contributed by atoms with Gasteiger partial charge in [0.05, 0.1) is 6.10 Å². The quantitative estimate of drug-likeness (QED) is 0.899. The number of amides is 1. The molecular formula is C17H23NO2. The van der Waals surface area contributed by atoms with E-state index in [1.165, 1.54) is 18.4 Å². The van der Waals surface area contributed by atoms with Crippen molar-refractivity contribution in [2.45, 2.75) is 51.6 Å². The van der Waals surface area contributed by atoms with Gasteiger partial charge in [0.1, 0.15) is 0 Å². The van der Waals surface area contributed by atoms with E-state index in [-0.39, 0.29) is 11.3 Å². The third-order valence-corrected chi connectivity index (χ3v) is 5.17. The second kappa shape index (κ2) is 4.88. The van der Waals surface area contributed by atoms with Crippen LogP contribution in [0.5, 0.6) is 0 Å². The van der Waals surface area contributed by atoms with E-state index in [0.29, 0.717) is 6.42 Å². The fourth-order valence-electron chi connectivity index (χ4n) is 3.71. The highest BCUT2D eigenvalue weighted by atomic mass is 16.3. The molecule has 1 aliphatic carbocycles. The third-order valence-electron chi connectivity index (χ3n) is 5.17. The SMILES string of the molecule is CN1C(=O)CCc2cc(C(O)C3(C)CCCC3)ccc21. The van der Waals surface area contributed by atoms with Crippen molar-refractivity contribution in [3.63, 3.8) is 0 Å². The van der Waals surface area contributed by atoms with E-state index in [2.05, 4.69) is 13.0 Å². The Labute approximate surface area is 120 Å². The van der Waals surface area contributed by atoms with Gasteiger partial charge in [-0.1, -0.05) is 31.9 Å². The average Bonchev–Trinajstić information content (AvgIpc) is 2.90. The molecular weight excluding hydrogens is 250 g/mol. The molecule has 0 spiro atoms. The van der Waals surface area contributed by atoms with Gasteiger partial charge >= 0.3 is 0 Å². The van der Waals surface area contributed by atoms with E-state index in [9.17, 15) is 9.90 Å². The van der Waals surface area contributed by atoms with Crippen LogP contribution in [-0.2, 0) is 11.2 Å². The number of hydrogen-bond acceptors (Lipinski definition) is 2. The Morgan fingerprint density at radius 3 is 2.65 bits per heavy atom. The molecule has 1 fully saturated rings. The molecule has 1 saturated carbocycles. The lowest BCUT2D eigenvalue weighted by molar-refractivity contribution is -0.118. The summed E-state index contributed by atoms with van der Waals surface area (Å²) in [5.74, 6) is 0.175. The maximum Gasteiger partial charge on any atom is 0.227 e. The lowest BCUT2D eigenvalue weighted by atomic mass is 9.78. The van der Waals surface area contributed by atoms with Crippen LogP contribution in [0.4, 0.5) is 5.69 Å². The minimum absolute atomic E-state index is 0.0185. The molecule has 0 radical (unpaired) electrons. The molecule has 3 heteroatoms. The van der Waals surface area contributed by atoms with E-state index >= 15 is 0 Å². The molecule has 1 aliphatic heterocycles. The summed E-state index contributed by atoms with van der Waals surface area (Å²) in [5.41, 5.74) is 3.21. The summed E-state index contributed by atoms with van der Waals surface area (Å²) >= 11 is 0. The molecule has 0 aromatic heterocycles. The maximum atomic E-state index is 11.7. The normalized spacial score (nSPS) is 22.8. The molecule has 0 bridgehead atoms. The maximum absolute atomic E-state index is 11.7. The van der Waals surface area contributed by atoms with E-state index in [1.807, 2.05) is 19.2 Å². The Balaban J connectivity index is 1.91. The average molecular weight is 273 g/mol. The number of fused-ring (bicyclic) bond motifs is 1. The highest BCUT2D eigenvalue weighted by Gasteiger charge is 2.37. The van der Waals surface area contributed by atoms with Gasteiger partial charge in [0.15, 0.2) is 0 Å². The number of nitrogens with zero attached hydrogens (tertiary/aromatic N) is 1. The zero-order chi connectivity index (χ0) is 14.3. The Morgan fingerprint density at radius 2 is 1.95 bits per heavy atom. The van der Waals surface area contributed by atoms with Crippen LogP contribution in [0.25, 0.3) is 0 Å². The first kappa shape index (κ1) is 13.6. The zero-order valence-corrected chi connectivity index (χ0v) is 12.4. The number of rotatable bonds is 2. The van der Waals surface area contributed by atoms with Gasteiger partial charge in [-0.2, -0.15) is 0 Å². The topological polar surface area (TPSA) is 40.5 Å².